The fourth-order valence-corrected chi connectivity index (χ4v) is 2.49. The molecule has 0 aromatic heterocycles. The van der Waals surface area contributed by atoms with Gasteiger partial charge in [0.1, 0.15) is 0 Å². The van der Waals surface area contributed by atoms with Gasteiger partial charge in [0.05, 0.1) is 0 Å². The summed E-state index contributed by atoms with van der Waals surface area (Å²) in [6, 6.07) is 5.29. The number of rotatable bonds is 5. The van der Waals surface area contributed by atoms with Crippen molar-refractivity contribution < 1.29 is 19.1 Å². The van der Waals surface area contributed by atoms with Crippen LogP contribution in [0.15, 0.2) is 30.0 Å². The zero-order valence-electron chi connectivity index (χ0n) is 13.1. The fourth-order valence-electron chi connectivity index (χ4n) is 2.49. The van der Waals surface area contributed by atoms with Crippen molar-refractivity contribution in [3.63, 3.8) is 0 Å². The minimum atomic E-state index is -0.610. The predicted molar refractivity (Wildman–Crippen MR) is 82.7 cm³/mol. The van der Waals surface area contributed by atoms with Crippen LogP contribution < -0.4 is 0 Å². The first-order valence-corrected chi connectivity index (χ1v) is 7.50. The number of carbonyl (C=O) groups excluding carboxylic acids is 3. The van der Waals surface area contributed by atoms with Crippen molar-refractivity contribution in [2.45, 2.75) is 40.0 Å². The molecule has 116 valence electrons. The first-order chi connectivity index (χ1) is 10.4. The Morgan fingerprint density at radius 2 is 1.91 bits per heavy atom. The number of esters is 1. The molecule has 0 bridgehead atoms. The molecule has 0 saturated heterocycles. The second kappa shape index (κ2) is 6.69. The Morgan fingerprint density at radius 1 is 1.18 bits per heavy atom. The van der Waals surface area contributed by atoms with Gasteiger partial charge < -0.3 is 4.74 Å². The average molecular weight is 300 g/mol. The quantitative estimate of drug-likeness (QED) is 0.781. The van der Waals surface area contributed by atoms with Crippen LogP contribution in [0.25, 0.3) is 0 Å². The molecule has 0 atom stereocenters. The van der Waals surface area contributed by atoms with Crippen LogP contribution in [0.1, 0.15) is 59.9 Å². The van der Waals surface area contributed by atoms with Crippen LogP contribution in [0.3, 0.4) is 0 Å². The Morgan fingerprint density at radius 3 is 2.55 bits per heavy atom. The minimum absolute atomic E-state index is 0.197. The van der Waals surface area contributed by atoms with E-state index < -0.39 is 11.8 Å². The number of benzene rings is 1. The molecular weight excluding hydrogens is 280 g/mol. The summed E-state index contributed by atoms with van der Waals surface area (Å²) in [5.74, 6) is -0.871. The zero-order chi connectivity index (χ0) is 16.3. The van der Waals surface area contributed by atoms with Gasteiger partial charge in [-0.05, 0) is 36.5 Å². The van der Waals surface area contributed by atoms with Crippen LogP contribution in [0.5, 0.6) is 0 Å². The molecule has 0 fully saturated rings. The third-order valence-corrected chi connectivity index (χ3v) is 3.58. The van der Waals surface area contributed by atoms with Crippen molar-refractivity contribution in [3.05, 3.63) is 46.7 Å². The molecule has 0 spiro atoms. The van der Waals surface area contributed by atoms with E-state index in [0.29, 0.717) is 17.0 Å². The fraction of sp³-hybridized carbons (Fsp3) is 0.389. The summed E-state index contributed by atoms with van der Waals surface area (Å²) in [5, 5.41) is 0. The Kier molecular flexibility index (Phi) is 4.91. The number of ketones is 2. The smallest absolute Gasteiger partial charge is 0.308 e. The lowest BCUT2D eigenvalue weighted by molar-refractivity contribution is -0.136. The van der Waals surface area contributed by atoms with Crippen LogP contribution in [0, 0.1) is 5.92 Å². The van der Waals surface area contributed by atoms with E-state index in [2.05, 4.69) is 13.8 Å². The van der Waals surface area contributed by atoms with Crippen molar-refractivity contribution in [1.29, 1.82) is 0 Å². The molecule has 2 rings (SSSR count). The van der Waals surface area contributed by atoms with Gasteiger partial charge in [0.2, 0.25) is 5.78 Å². The Bertz CT molecular complexity index is 653. The first kappa shape index (κ1) is 16.1. The topological polar surface area (TPSA) is 60.4 Å². The molecule has 4 nitrogen and oxygen atoms in total. The molecule has 1 aliphatic rings. The van der Waals surface area contributed by atoms with Crippen LogP contribution in [0.2, 0.25) is 0 Å². The molecule has 1 aliphatic carbocycles. The monoisotopic (exact) mass is 300 g/mol. The van der Waals surface area contributed by atoms with Crippen LogP contribution in [0.4, 0.5) is 0 Å². The maximum Gasteiger partial charge on any atom is 0.308 e. The SMILES string of the molecule is CC(=O)OC1=CC(=O)c2cc(CCCC(C)C)ccc2C1=O. The van der Waals surface area contributed by atoms with E-state index >= 15 is 0 Å². The second-order valence-electron chi connectivity index (χ2n) is 5.96. The number of Topliss-reactive ketones (excluding diaryl/α,β-unsaturated/α-hetero) is 1. The van der Waals surface area contributed by atoms with Gasteiger partial charge in [0, 0.05) is 24.1 Å². The lowest BCUT2D eigenvalue weighted by atomic mass is 9.90. The molecule has 0 N–H and O–H groups in total. The Balaban J connectivity index is 2.20. The maximum atomic E-state index is 12.2. The molecule has 22 heavy (non-hydrogen) atoms. The van der Waals surface area contributed by atoms with E-state index in [1.165, 1.54) is 6.92 Å². The number of hydrogen-bond donors (Lipinski definition) is 0. The largest absolute Gasteiger partial charge is 0.422 e. The van der Waals surface area contributed by atoms with E-state index in [1.54, 1.807) is 12.1 Å². The highest BCUT2D eigenvalue weighted by atomic mass is 16.5. The zero-order valence-corrected chi connectivity index (χ0v) is 13.1. The van der Waals surface area contributed by atoms with E-state index in [4.69, 9.17) is 4.74 Å². The van der Waals surface area contributed by atoms with Crippen LogP contribution in [-0.2, 0) is 16.0 Å². The number of fused-ring (bicyclic) bond motifs is 1. The van der Waals surface area contributed by atoms with Gasteiger partial charge in [0.25, 0.3) is 0 Å². The van der Waals surface area contributed by atoms with Crippen LogP contribution in [-0.4, -0.2) is 17.5 Å². The number of hydrogen-bond acceptors (Lipinski definition) is 4. The molecule has 1 aromatic carbocycles. The lowest BCUT2D eigenvalue weighted by Gasteiger charge is -2.15. The number of allylic oxidation sites excluding steroid dienone is 2. The van der Waals surface area contributed by atoms with Gasteiger partial charge in [-0.25, -0.2) is 0 Å². The van der Waals surface area contributed by atoms with Gasteiger partial charge >= 0.3 is 5.97 Å². The summed E-state index contributed by atoms with van der Waals surface area (Å²) < 4.78 is 4.80. The van der Waals surface area contributed by atoms with Gasteiger partial charge in [0.15, 0.2) is 11.5 Å². The van der Waals surface area contributed by atoms with Gasteiger partial charge in [-0.2, -0.15) is 0 Å². The minimum Gasteiger partial charge on any atom is -0.422 e. The van der Waals surface area contributed by atoms with Crippen molar-refractivity contribution >= 4 is 17.5 Å². The number of ether oxygens (including phenoxy) is 1. The summed E-state index contributed by atoms with van der Waals surface area (Å²) in [7, 11) is 0. The highest BCUT2D eigenvalue weighted by Gasteiger charge is 2.27. The highest BCUT2D eigenvalue weighted by molar-refractivity contribution is 6.24. The Hall–Kier alpha value is -2.23. The molecule has 0 saturated carbocycles. The maximum absolute atomic E-state index is 12.2. The van der Waals surface area contributed by atoms with E-state index in [1.807, 2.05) is 6.07 Å². The van der Waals surface area contributed by atoms with Gasteiger partial charge in [-0.1, -0.05) is 26.3 Å². The molecule has 1 aromatic rings. The molecule has 0 unspecified atom stereocenters. The molecule has 0 amide bonds. The summed E-state index contributed by atoms with van der Waals surface area (Å²) in [6.07, 6.45) is 4.16. The molecular formula is C18H20O4. The summed E-state index contributed by atoms with van der Waals surface area (Å²) >= 11 is 0. The van der Waals surface area contributed by atoms with E-state index in [-0.39, 0.29) is 11.5 Å². The van der Waals surface area contributed by atoms with Gasteiger partial charge in [-0.15, -0.1) is 0 Å². The van der Waals surface area contributed by atoms with Crippen molar-refractivity contribution in [2.24, 2.45) is 5.92 Å². The summed E-state index contributed by atoms with van der Waals surface area (Å²) in [4.78, 5) is 35.3. The normalized spacial score (nSPS) is 13.9. The lowest BCUT2D eigenvalue weighted by Crippen LogP contribution is -2.20. The molecule has 0 aliphatic heterocycles. The van der Waals surface area contributed by atoms with Crippen LogP contribution >= 0.6 is 0 Å². The standard InChI is InChI=1S/C18H20O4/c1-11(2)5-4-6-13-7-8-14-15(9-13)16(20)10-17(18(14)21)22-12(3)19/h7-11H,4-6H2,1-3H3. The average Bonchev–Trinajstić information content (AvgIpc) is 2.43. The third-order valence-electron chi connectivity index (χ3n) is 3.58. The van der Waals surface area contributed by atoms with E-state index in [0.717, 1.165) is 30.9 Å². The highest BCUT2D eigenvalue weighted by Crippen LogP contribution is 2.24. The van der Waals surface area contributed by atoms with Crippen molar-refractivity contribution in [2.75, 3.05) is 0 Å². The van der Waals surface area contributed by atoms with Gasteiger partial charge in [-0.3, -0.25) is 14.4 Å². The second-order valence-corrected chi connectivity index (χ2v) is 5.96. The van der Waals surface area contributed by atoms with Crippen molar-refractivity contribution in [1.82, 2.24) is 0 Å². The van der Waals surface area contributed by atoms with E-state index in [9.17, 15) is 14.4 Å². The first-order valence-electron chi connectivity index (χ1n) is 7.50. The molecule has 0 radical (unpaired) electrons. The third kappa shape index (κ3) is 3.70. The summed E-state index contributed by atoms with van der Waals surface area (Å²) in [6.45, 7) is 5.55. The predicted octanol–water partition coefficient (Wildman–Crippen LogP) is 3.49. The summed E-state index contributed by atoms with van der Waals surface area (Å²) in [5.41, 5.74) is 1.74. The number of aryl methyl sites for hydroxylation is 1. The number of carbonyl (C=O) groups is 3. The van der Waals surface area contributed by atoms with Crippen molar-refractivity contribution in [3.8, 4) is 0 Å². The molecule has 0 heterocycles. The molecule has 4 heteroatoms. The Labute approximate surface area is 130 Å².